The Bertz CT molecular complexity index is 506. The van der Waals surface area contributed by atoms with Crippen LogP contribution in [0.3, 0.4) is 0 Å². The van der Waals surface area contributed by atoms with Gasteiger partial charge in [-0.15, -0.1) is 0 Å². The molecule has 0 N–H and O–H groups in total. The maximum absolute atomic E-state index is 9.21. The molecule has 0 aliphatic carbocycles. The number of halogens is 1. The topological polar surface area (TPSA) is 60.1 Å². The van der Waals surface area contributed by atoms with Gasteiger partial charge in [0, 0.05) is 11.4 Å². The molecule has 4 heteroatoms. The van der Waals surface area contributed by atoms with Gasteiger partial charge in [0.15, 0.2) is 0 Å². The molecule has 92 valence electrons. The van der Waals surface area contributed by atoms with Crippen LogP contribution in [0.2, 0.25) is 5.02 Å². The minimum atomic E-state index is -0.976. The number of epoxide rings is 1. The van der Waals surface area contributed by atoms with Crippen molar-refractivity contribution in [3.05, 3.63) is 34.9 Å². The summed E-state index contributed by atoms with van der Waals surface area (Å²) in [7, 11) is 0. The van der Waals surface area contributed by atoms with Gasteiger partial charge in [0.25, 0.3) is 0 Å². The standard InChI is InChI=1S/C14H13ClN2O/c1-2-13(8-16,9-17)7-14(10-18-14)11-3-5-12(15)6-4-11/h3-6H,2,7,10H2,1H3. The summed E-state index contributed by atoms with van der Waals surface area (Å²) in [5, 5.41) is 19.1. The SMILES string of the molecule is CCC(C#N)(C#N)CC1(c2ccc(Cl)cc2)CO1. The van der Waals surface area contributed by atoms with Crippen molar-refractivity contribution in [3.8, 4) is 12.1 Å². The van der Waals surface area contributed by atoms with Crippen LogP contribution in [0.25, 0.3) is 0 Å². The van der Waals surface area contributed by atoms with Crippen LogP contribution in [0.4, 0.5) is 0 Å². The van der Waals surface area contributed by atoms with E-state index in [0.29, 0.717) is 24.5 Å². The van der Waals surface area contributed by atoms with Gasteiger partial charge in [-0.3, -0.25) is 0 Å². The number of benzene rings is 1. The zero-order chi connectivity index (χ0) is 13.2. The van der Waals surface area contributed by atoms with E-state index in [1.165, 1.54) is 0 Å². The highest BCUT2D eigenvalue weighted by Crippen LogP contribution is 2.48. The molecule has 1 heterocycles. The Morgan fingerprint density at radius 3 is 2.28 bits per heavy atom. The van der Waals surface area contributed by atoms with E-state index < -0.39 is 11.0 Å². The third kappa shape index (κ3) is 2.20. The maximum atomic E-state index is 9.21. The lowest BCUT2D eigenvalue weighted by Gasteiger charge is -2.21. The number of nitriles is 2. The lowest BCUT2D eigenvalue weighted by Crippen LogP contribution is -2.24. The highest BCUT2D eigenvalue weighted by atomic mass is 35.5. The van der Waals surface area contributed by atoms with Gasteiger partial charge >= 0.3 is 0 Å². The van der Waals surface area contributed by atoms with Crippen LogP contribution in [0.5, 0.6) is 0 Å². The summed E-state index contributed by atoms with van der Waals surface area (Å²) in [6.45, 7) is 2.41. The van der Waals surface area contributed by atoms with E-state index in [4.69, 9.17) is 16.3 Å². The first-order valence-electron chi connectivity index (χ1n) is 5.82. The first-order valence-corrected chi connectivity index (χ1v) is 6.20. The maximum Gasteiger partial charge on any atom is 0.146 e. The van der Waals surface area contributed by atoms with Crippen LogP contribution in [0.15, 0.2) is 24.3 Å². The fraction of sp³-hybridized carbons (Fsp3) is 0.429. The van der Waals surface area contributed by atoms with Gasteiger partial charge in [0.2, 0.25) is 0 Å². The Morgan fingerprint density at radius 1 is 1.33 bits per heavy atom. The fourth-order valence-corrected chi connectivity index (χ4v) is 2.21. The molecular weight excluding hydrogens is 248 g/mol. The lowest BCUT2D eigenvalue weighted by molar-refractivity contribution is 0.244. The van der Waals surface area contributed by atoms with Crippen LogP contribution in [0.1, 0.15) is 25.3 Å². The predicted molar refractivity (Wildman–Crippen MR) is 67.6 cm³/mol. The highest BCUT2D eigenvalue weighted by Gasteiger charge is 2.52. The van der Waals surface area contributed by atoms with E-state index in [0.717, 1.165) is 5.56 Å². The van der Waals surface area contributed by atoms with E-state index >= 15 is 0 Å². The number of ether oxygens (including phenoxy) is 1. The van der Waals surface area contributed by atoms with Crippen molar-refractivity contribution in [2.24, 2.45) is 5.41 Å². The van der Waals surface area contributed by atoms with E-state index in [9.17, 15) is 10.5 Å². The molecule has 1 aliphatic heterocycles. The molecule has 1 atom stereocenters. The molecule has 1 aromatic carbocycles. The van der Waals surface area contributed by atoms with Crippen molar-refractivity contribution < 1.29 is 4.74 Å². The third-order valence-electron chi connectivity index (χ3n) is 3.48. The molecule has 0 radical (unpaired) electrons. The Balaban J connectivity index is 2.26. The van der Waals surface area contributed by atoms with Gasteiger partial charge in [0.05, 0.1) is 18.7 Å². The lowest BCUT2D eigenvalue weighted by atomic mass is 9.77. The van der Waals surface area contributed by atoms with Crippen molar-refractivity contribution in [2.45, 2.75) is 25.4 Å². The number of hydrogen-bond acceptors (Lipinski definition) is 3. The molecule has 0 aromatic heterocycles. The first-order chi connectivity index (χ1) is 8.60. The second kappa shape index (κ2) is 4.61. The van der Waals surface area contributed by atoms with E-state index in [1.54, 1.807) is 12.1 Å². The molecule has 0 bridgehead atoms. The van der Waals surface area contributed by atoms with Crippen molar-refractivity contribution in [1.82, 2.24) is 0 Å². The summed E-state index contributed by atoms with van der Waals surface area (Å²) in [4.78, 5) is 0. The number of rotatable bonds is 4. The summed E-state index contributed by atoms with van der Waals surface area (Å²) < 4.78 is 5.54. The zero-order valence-corrected chi connectivity index (χ0v) is 10.9. The first kappa shape index (κ1) is 12.9. The smallest absolute Gasteiger partial charge is 0.146 e. The number of nitrogens with zero attached hydrogens (tertiary/aromatic N) is 2. The average Bonchev–Trinajstić information content (AvgIpc) is 3.18. The van der Waals surface area contributed by atoms with E-state index in [1.807, 2.05) is 19.1 Å². The summed E-state index contributed by atoms with van der Waals surface area (Å²) >= 11 is 5.85. The molecule has 2 rings (SSSR count). The molecule has 3 nitrogen and oxygen atoms in total. The fourth-order valence-electron chi connectivity index (χ4n) is 2.09. The molecule has 0 spiro atoms. The second-order valence-electron chi connectivity index (χ2n) is 4.63. The molecule has 1 saturated heterocycles. The molecule has 1 aliphatic rings. The van der Waals surface area contributed by atoms with Crippen molar-refractivity contribution in [3.63, 3.8) is 0 Å². The van der Waals surface area contributed by atoms with Crippen molar-refractivity contribution in [2.75, 3.05) is 6.61 Å². The molecule has 0 saturated carbocycles. The number of hydrogen-bond donors (Lipinski definition) is 0. The molecular formula is C14H13ClN2O. The van der Waals surface area contributed by atoms with Gasteiger partial charge in [-0.1, -0.05) is 30.7 Å². The normalized spacial score (nSPS) is 22.0. The zero-order valence-electron chi connectivity index (χ0n) is 10.1. The summed E-state index contributed by atoms with van der Waals surface area (Å²) in [6, 6.07) is 11.6. The molecule has 18 heavy (non-hydrogen) atoms. The van der Waals surface area contributed by atoms with Gasteiger partial charge in [0.1, 0.15) is 11.0 Å². The molecule has 1 aromatic rings. The van der Waals surface area contributed by atoms with Crippen molar-refractivity contribution >= 4 is 11.6 Å². The highest BCUT2D eigenvalue weighted by molar-refractivity contribution is 6.30. The van der Waals surface area contributed by atoms with Crippen LogP contribution < -0.4 is 0 Å². The Kier molecular flexibility index (Phi) is 3.30. The van der Waals surface area contributed by atoms with Gasteiger partial charge in [-0.25, -0.2) is 0 Å². The monoisotopic (exact) mass is 260 g/mol. The Hall–Kier alpha value is -1.55. The summed E-state index contributed by atoms with van der Waals surface area (Å²) in [6.07, 6.45) is 0.907. The van der Waals surface area contributed by atoms with Gasteiger partial charge in [-0.05, 0) is 24.1 Å². The van der Waals surface area contributed by atoms with Gasteiger partial charge < -0.3 is 4.74 Å². The van der Waals surface area contributed by atoms with E-state index in [-0.39, 0.29) is 0 Å². The quantitative estimate of drug-likeness (QED) is 0.780. The average molecular weight is 261 g/mol. The minimum Gasteiger partial charge on any atom is -0.364 e. The Labute approximate surface area is 112 Å². The molecule has 0 amide bonds. The van der Waals surface area contributed by atoms with Crippen LogP contribution >= 0.6 is 11.6 Å². The predicted octanol–water partition coefficient (Wildman–Crippen LogP) is 3.40. The van der Waals surface area contributed by atoms with Gasteiger partial charge in [-0.2, -0.15) is 10.5 Å². The summed E-state index contributed by atoms with van der Waals surface area (Å²) in [5.74, 6) is 0. The summed E-state index contributed by atoms with van der Waals surface area (Å²) in [5.41, 5.74) is -0.474. The second-order valence-corrected chi connectivity index (χ2v) is 5.06. The van der Waals surface area contributed by atoms with Crippen LogP contribution in [-0.4, -0.2) is 6.61 Å². The van der Waals surface area contributed by atoms with Crippen LogP contribution in [0, 0.1) is 28.1 Å². The largest absolute Gasteiger partial charge is 0.364 e. The van der Waals surface area contributed by atoms with E-state index in [2.05, 4.69) is 12.1 Å². The van der Waals surface area contributed by atoms with Crippen LogP contribution in [-0.2, 0) is 10.3 Å². The molecule has 1 unspecified atom stereocenters. The Morgan fingerprint density at radius 2 is 1.89 bits per heavy atom. The molecule has 1 fully saturated rings. The minimum absolute atomic E-state index is 0.408. The van der Waals surface area contributed by atoms with Crippen molar-refractivity contribution in [1.29, 1.82) is 10.5 Å². The third-order valence-corrected chi connectivity index (χ3v) is 3.73.